The predicted molar refractivity (Wildman–Crippen MR) is 217 cm³/mol. The number of carboxylic acid groups (broad SMARTS) is 1. The van der Waals surface area contributed by atoms with Crippen LogP contribution in [0, 0.1) is 23.7 Å². The van der Waals surface area contributed by atoms with Gasteiger partial charge in [0.2, 0.25) is 23.6 Å². The number of methoxy groups -OCH3 is 2. The van der Waals surface area contributed by atoms with E-state index in [1.807, 2.05) is 90.7 Å². The SMILES string of the molecule is CC[C@H](C)[C@@H]([C@@H](CC(=O)N1CCC[C@H]1[C@H](OC)[C@@H](C)C(=O)N[C@@H](Cc1ccccc1)C(=O)O)OC)N(C)C(=O)[C@@H](NC(=O)[C@H](C(C)C)N(C)C(C)S)C(C)C. The smallest absolute Gasteiger partial charge is 0.326 e. The zero-order valence-electron chi connectivity index (χ0n) is 35.2. The molecule has 0 bridgehead atoms. The van der Waals surface area contributed by atoms with Gasteiger partial charge in [-0.05, 0) is 50.1 Å². The van der Waals surface area contributed by atoms with Crippen molar-refractivity contribution in [3.05, 3.63) is 35.9 Å². The van der Waals surface area contributed by atoms with Gasteiger partial charge in [-0.1, -0.05) is 85.2 Å². The van der Waals surface area contributed by atoms with Gasteiger partial charge < -0.3 is 35.0 Å². The number of ether oxygens (including phenoxy) is 2. The van der Waals surface area contributed by atoms with Crippen LogP contribution < -0.4 is 10.6 Å². The van der Waals surface area contributed by atoms with Crippen LogP contribution in [0.2, 0.25) is 0 Å². The molecule has 4 amide bonds. The van der Waals surface area contributed by atoms with Crippen molar-refractivity contribution in [1.82, 2.24) is 25.3 Å². The number of hydrogen-bond acceptors (Lipinski definition) is 9. The fourth-order valence-corrected chi connectivity index (χ4v) is 7.96. The summed E-state index contributed by atoms with van der Waals surface area (Å²) in [5.41, 5.74) is 0.783. The van der Waals surface area contributed by atoms with Crippen molar-refractivity contribution >= 4 is 42.2 Å². The largest absolute Gasteiger partial charge is 0.480 e. The van der Waals surface area contributed by atoms with E-state index < -0.39 is 60.2 Å². The maximum atomic E-state index is 14.3. The van der Waals surface area contributed by atoms with E-state index in [0.29, 0.717) is 25.8 Å². The Kier molecular flexibility index (Phi) is 19.6. The standard InChI is InChI=1S/C41H69N5O8S/c1-13-26(6)36(45(10)40(50)34(24(2)3)43-39(49)35(25(4)5)44(9)28(8)55)32(53-11)23-33(47)46-21-17-20-31(46)37(54-12)27(7)38(48)42-30(41(51)52)22-29-18-15-14-16-19-29/h14-16,18-19,24-28,30-32,34-37,55H,13,17,20-23H2,1-12H3,(H,42,48)(H,43,49)(H,51,52)/t26-,27+,28?,30-,31-,32+,34-,35-,36-,37+/m0/s1. The Labute approximate surface area is 335 Å². The first-order valence-corrected chi connectivity index (χ1v) is 20.2. The average Bonchev–Trinajstić information content (AvgIpc) is 3.62. The first-order valence-electron chi connectivity index (χ1n) is 19.7. The number of carboxylic acids is 1. The number of likely N-dealkylation sites (tertiary alicyclic amines) is 1. The third-order valence-electron chi connectivity index (χ3n) is 11.3. The van der Waals surface area contributed by atoms with Crippen LogP contribution in [0.4, 0.5) is 0 Å². The van der Waals surface area contributed by atoms with Gasteiger partial charge in [0.05, 0.1) is 48.0 Å². The molecular formula is C41H69N5O8S. The summed E-state index contributed by atoms with van der Waals surface area (Å²) in [6.07, 6.45) is 0.764. The minimum atomic E-state index is -1.14. The molecule has 0 aromatic heterocycles. The molecule has 1 heterocycles. The van der Waals surface area contributed by atoms with Gasteiger partial charge in [0, 0.05) is 34.2 Å². The summed E-state index contributed by atoms with van der Waals surface area (Å²) in [5.74, 6) is -3.38. The molecule has 14 heteroatoms. The quantitative estimate of drug-likeness (QED) is 0.100. The van der Waals surface area contributed by atoms with E-state index in [0.717, 1.165) is 5.56 Å². The highest BCUT2D eigenvalue weighted by Gasteiger charge is 2.43. The van der Waals surface area contributed by atoms with E-state index in [1.165, 1.54) is 14.2 Å². The van der Waals surface area contributed by atoms with E-state index >= 15 is 0 Å². The van der Waals surface area contributed by atoms with E-state index in [1.54, 1.807) is 23.8 Å². The lowest BCUT2D eigenvalue weighted by Gasteiger charge is -2.41. The Balaban J connectivity index is 2.29. The fraction of sp³-hybridized carbons (Fsp3) is 0.732. The van der Waals surface area contributed by atoms with Crippen molar-refractivity contribution in [1.29, 1.82) is 0 Å². The summed E-state index contributed by atoms with van der Waals surface area (Å²) in [5, 5.41) is 15.4. The second-order valence-corrected chi connectivity index (χ2v) is 16.6. The Bertz CT molecular complexity index is 1400. The van der Waals surface area contributed by atoms with Crippen LogP contribution >= 0.6 is 12.6 Å². The van der Waals surface area contributed by atoms with Crippen molar-refractivity contribution in [3.8, 4) is 0 Å². The Morgan fingerprint density at radius 2 is 1.55 bits per heavy atom. The van der Waals surface area contributed by atoms with E-state index in [-0.39, 0.29) is 53.7 Å². The van der Waals surface area contributed by atoms with Gasteiger partial charge in [-0.2, -0.15) is 12.6 Å². The number of rotatable bonds is 22. The van der Waals surface area contributed by atoms with E-state index in [2.05, 4.69) is 23.3 Å². The first kappa shape index (κ1) is 48.0. The van der Waals surface area contributed by atoms with Crippen molar-refractivity contribution in [2.24, 2.45) is 23.7 Å². The van der Waals surface area contributed by atoms with Crippen LogP contribution in [-0.2, 0) is 39.9 Å². The van der Waals surface area contributed by atoms with Crippen LogP contribution in [0.1, 0.15) is 86.6 Å². The number of aliphatic carboxylic acids is 1. The predicted octanol–water partition coefficient (Wildman–Crippen LogP) is 4.09. The Hall–Kier alpha value is -3.20. The van der Waals surface area contributed by atoms with Crippen molar-refractivity contribution in [2.75, 3.05) is 34.9 Å². The van der Waals surface area contributed by atoms with Gasteiger partial charge in [-0.3, -0.25) is 24.1 Å². The van der Waals surface area contributed by atoms with Gasteiger partial charge in [0.15, 0.2) is 0 Å². The molecule has 0 aliphatic carbocycles. The molecule has 0 radical (unpaired) electrons. The summed E-state index contributed by atoms with van der Waals surface area (Å²) in [6, 6.07) is 5.74. The van der Waals surface area contributed by atoms with E-state index in [4.69, 9.17) is 9.47 Å². The molecule has 0 spiro atoms. The zero-order valence-corrected chi connectivity index (χ0v) is 36.0. The molecule has 1 aliphatic rings. The number of benzene rings is 1. The Morgan fingerprint density at radius 3 is 2.04 bits per heavy atom. The number of thiol groups is 1. The summed E-state index contributed by atoms with van der Waals surface area (Å²) in [6.45, 7) is 15.8. The van der Waals surface area contributed by atoms with Crippen LogP contribution in [0.3, 0.4) is 0 Å². The van der Waals surface area contributed by atoms with Crippen LogP contribution in [0.25, 0.3) is 0 Å². The number of nitrogens with zero attached hydrogens (tertiary/aromatic N) is 3. The number of hydrogen-bond donors (Lipinski definition) is 4. The van der Waals surface area contributed by atoms with Gasteiger partial charge in [-0.25, -0.2) is 4.79 Å². The molecule has 1 saturated heterocycles. The zero-order chi connectivity index (χ0) is 41.7. The fourth-order valence-electron chi connectivity index (χ4n) is 7.82. The summed E-state index contributed by atoms with van der Waals surface area (Å²) >= 11 is 4.53. The third kappa shape index (κ3) is 12.9. The highest BCUT2D eigenvalue weighted by molar-refractivity contribution is 7.80. The summed E-state index contributed by atoms with van der Waals surface area (Å²) in [7, 11) is 6.59. The minimum Gasteiger partial charge on any atom is -0.480 e. The molecule has 13 nitrogen and oxygen atoms in total. The highest BCUT2D eigenvalue weighted by Crippen LogP contribution is 2.30. The number of carbonyl (C=O) groups is 5. The van der Waals surface area contributed by atoms with Crippen molar-refractivity contribution < 1.29 is 38.6 Å². The molecule has 1 aromatic rings. The normalized spacial score (nSPS) is 19.6. The lowest BCUT2D eigenvalue weighted by Crippen LogP contribution is -2.60. The van der Waals surface area contributed by atoms with Gasteiger partial charge in [0.25, 0.3) is 0 Å². The minimum absolute atomic E-state index is 0.0203. The average molecular weight is 792 g/mol. The van der Waals surface area contributed by atoms with Crippen molar-refractivity contribution in [3.63, 3.8) is 0 Å². The van der Waals surface area contributed by atoms with Crippen LogP contribution in [0.5, 0.6) is 0 Å². The molecule has 1 unspecified atom stereocenters. The molecule has 1 aromatic carbocycles. The van der Waals surface area contributed by atoms with Gasteiger partial charge in [-0.15, -0.1) is 0 Å². The molecular weight excluding hydrogens is 723 g/mol. The molecule has 55 heavy (non-hydrogen) atoms. The van der Waals surface area contributed by atoms with Gasteiger partial charge in [0.1, 0.15) is 12.1 Å². The van der Waals surface area contributed by atoms with Gasteiger partial charge >= 0.3 is 5.97 Å². The molecule has 1 aliphatic heterocycles. The first-order chi connectivity index (χ1) is 25.8. The number of amides is 4. The monoisotopic (exact) mass is 791 g/mol. The van der Waals surface area contributed by atoms with Crippen LogP contribution in [0.15, 0.2) is 30.3 Å². The van der Waals surface area contributed by atoms with E-state index in [9.17, 15) is 29.1 Å². The maximum absolute atomic E-state index is 14.3. The lowest BCUT2D eigenvalue weighted by molar-refractivity contribution is -0.148. The summed E-state index contributed by atoms with van der Waals surface area (Å²) in [4.78, 5) is 73.1. The lowest BCUT2D eigenvalue weighted by atomic mass is 9.89. The Morgan fingerprint density at radius 1 is 0.927 bits per heavy atom. The molecule has 2 rings (SSSR count). The number of carbonyl (C=O) groups excluding carboxylic acids is 4. The third-order valence-corrected chi connectivity index (χ3v) is 11.7. The maximum Gasteiger partial charge on any atom is 0.326 e. The molecule has 3 N–H and O–H groups in total. The molecule has 0 saturated carbocycles. The number of nitrogens with one attached hydrogen (secondary N) is 2. The number of likely N-dealkylation sites (N-methyl/N-ethyl adjacent to an activating group) is 2. The molecule has 10 atom stereocenters. The summed E-state index contributed by atoms with van der Waals surface area (Å²) < 4.78 is 11.9. The molecule has 312 valence electrons. The van der Waals surface area contributed by atoms with Crippen LogP contribution in [-0.4, -0.2) is 132 Å². The second kappa shape index (κ2) is 22.5. The highest BCUT2D eigenvalue weighted by atomic mass is 32.1. The topological polar surface area (TPSA) is 158 Å². The van der Waals surface area contributed by atoms with Crippen molar-refractivity contribution in [2.45, 2.75) is 135 Å². The molecule has 1 fully saturated rings. The second-order valence-electron chi connectivity index (χ2n) is 15.9.